The van der Waals surface area contributed by atoms with Crippen molar-refractivity contribution in [1.82, 2.24) is 19.7 Å². The van der Waals surface area contributed by atoms with Crippen LogP contribution < -0.4 is 10.6 Å². The van der Waals surface area contributed by atoms with Crippen molar-refractivity contribution < 1.29 is 10.2 Å². The van der Waals surface area contributed by atoms with Crippen molar-refractivity contribution in [2.75, 3.05) is 23.8 Å². The molecule has 0 amide bonds. The molecule has 30 heavy (non-hydrogen) atoms. The Labute approximate surface area is 174 Å². The minimum atomic E-state index is -0.0268. The number of benzene rings is 2. The lowest BCUT2D eigenvalue weighted by atomic mass is 10.0. The summed E-state index contributed by atoms with van der Waals surface area (Å²) in [6, 6.07) is 17.1. The lowest BCUT2D eigenvalue weighted by Crippen LogP contribution is -2.12. The number of hydrogen-bond donors (Lipinski definition) is 4. The van der Waals surface area contributed by atoms with E-state index >= 15 is 0 Å². The molecule has 154 valence electrons. The largest absolute Gasteiger partial charge is 0.508 e. The van der Waals surface area contributed by atoms with Gasteiger partial charge < -0.3 is 20.8 Å². The monoisotopic (exact) mass is 404 g/mol. The van der Waals surface area contributed by atoms with Crippen LogP contribution in [-0.2, 0) is 6.54 Å². The molecule has 0 spiro atoms. The molecule has 1 unspecified atom stereocenters. The number of aromatic hydroxyl groups is 1. The fraction of sp³-hybridized carbons (Fsp3) is 0.227. The molecule has 1 atom stereocenters. The van der Waals surface area contributed by atoms with Crippen LogP contribution in [0.5, 0.6) is 5.75 Å². The summed E-state index contributed by atoms with van der Waals surface area (Å²) in [6.45, 7) is 3.13. The van der Waals surface area contributed by atoms with Gasteiger partial charge >= 0.3 is 0 Å². The summed E-state index contributed by atoms with van der Waals surface area (Å²) in [4.78, 5) is 9.15. The topological polar surface area (TPSA) is 108 Å². The zero-order valence-electron chi connectivity index (χ0n) is 16.7. The second-order valence-electron chi connectivity index (χ2n) is 7.10. The highest BCUT2D eigenvalue weighted by Crippen LogP contribution is 2.28. The minimum absolute atomic E-state index is 0.0268. The van der Waals surface area contributed by atoms with Crippen LogP contribution >= 0.6 is 0 Å². The minimum Gasteiger partial charge on any atom is -0.508 e. The second-order valence-corrected chi connectivity index (χ2v) is 7.10. The molecule has 2 aromatic heterocycles. The maximum atomic E-state index is 9.76. The summed E-state index contributed by atoms with van der Waals surface area (Å²) in [5.41, 5.74) is 2.62. The molecule has 0 fully saturated rings. The molecular formula is C22H24N6O2. The second kappa shape index (κ2) is 8.79. The zero-order valence-corrected chi connectivity index (χ0v) is 16.7. The molecule has 2 heterocycles. The first-order valence-electron chi connectivity index (χ1n) is 9.83. The van der Waals surface area contributed by atoms with Crippen LogP contribution in [-0.4, -0.2) is 43.1 Å². The van der Waals surface area contributed by atoms with Gasteiger partial charge in [0.2, 0.25) is 5.95 Å². The van der Waals surface area contributed by atoms with E-state index in [1.807, 2.05) is 28.9 Å². The number of phenols is 1. The molecule has 8 heteroatoms. The molecule has 0 aliphatic rings. The van der Waals surface area contributed by atoms with Crippen molar-refractivity contribution in [1.29, 1.82) is 0 Å². The van der Waals surface area contributed by atoms with Gasteiger partial charge in [0.05, 0.1) is 18.2 Å². The molecule has 4 N–H and O–H groups in total. The van der Waals surface area contributed by atoms with Crippen LogP contribution in [0, 0.1) is 0 Å². The van der Waals surface area contributed by atoms with E-state index in [0.29, 0.717) is 36.2 Å². The lowest BCUT2D eigenvalue weighted by molar-refractivity contribution is 0.311. The Bertz CT molecular complexity index is 1130. The first-order chi connectivity index (χ1) is 14.6. The van der Waals surface area contributed by atoms with Crippen LogP contribution in [0.3, 0.4) is 0 Å². The Morgan fingerprint density at radius 1 is 1.07 bits per heavy atom. The van der Waals surface area contributed by atoms with Crippen molar-refractivity contribution in [2.24, 2.45) is 0 Å². The molecule has 0 radical (unpaired) electrons. The third kappa shape index (κ3) is 4.33. The van der Waals surface area contributed by atoms with Gasteiger partial charge in [-0.3, -0.25) is 0 Å². The van der Waals surface area contributed by atoms with E-state index < -0.39 is 0 Å². The van der Waals surface area contributed by atoms with Gasteiger partial charge in [-0.05, 0) is 17.7 Å². The van der Waals surface area contributed by atoms with E-state index in [1.54, 1.807) is 24.4 Å². The lowest BCUT2D eigenvalue weighted by Gasteiger charge is -2.14. The number of nitrogens with zero attached hydrogens (tertiary/aromatic N) is 4. The molecule has 0 aliphatic carbocycles. The Morgan fingerprint density at radius 2 is 1.90 bits per heavy atom. The number of nitrogens with one attached hydrogen (secondary N) is 2. The van der Waals surface area contributed by atoms with Crippen LogP contribution in [0.25, 0.3) is 11.0 Å². The Kier molecular flexibility index (Phi) is 5.76. The molecule has 0 aliphatic heterocycles. The standard InChI is InChI=1S/C22H24N6O2/c1-15(16-6-3-2-4-7-16)14-28-21-19(13-24-28)20(26-22(27-21)23-10-11-29)25-17-8-5-9-18(30)12-17/h2-9,12-13,15,29-30H,10-11,14H2,1H3,(H2,23,25,26,27). The highest BCUT2D eigenvalue weighted by atomic mass is 16.3. The number of anilines is 3. The number of rotatable bonds is 8. The van der Waals surface area contributed by atoms with Crippen LogP contribution in [0.4, 0.5) is 17.5 Å². The van der Waals surface area contributed by atoms with E-state index in [2.05, 4.69) is 44.8 Å². The van der Waals surface area contributed by atoms with Gasteiger partial charge in [0.1, 0.15) is 11.6 Å². The summed E-state index contributed by atoms with van der Waals surface area (Å²) in [5, 5.41) is 30.5. The van der Waals surface area contributed by atoms with Crippen LogP contribution in [0.2, 0.25) is 0 Å². The Balaban J connectivity index is 1.70. The first-order valence-corrected chi connectivity index (χ1v) is 9.83. The van der Waals surface area contributed by atoms with Crippen molar-refractivity contribution in [3.05, 3.63) is 66.4 Å². The van der Waals surface area contributed by atoms with E-state index in [1.165, 1.54) is 5.56 Å². The maximum Gasteiger partial charge on any atom is 0.226 e. The van der Waals surface area contributed by atoms with Gasteiger partial charge in [0, 0.05) is 30.8 Å². The highest BCUT2D eigenvalue weighted by molar-refractivity contribution is 5.89. The normalized spacial score (nSPS) is 12.1. The van der Waals surface area contributed by atoms with Crippen LogP contribution in [0.1, 0.15) is 18.4 Å². The van der Waals surface area contributed by atoms with E-state index in [4.69, 9.17) is 5.11 Å². The van der Waals surface area contributed by atoms with Gasteiger partial charge in [-0.1, -0.05) is 43.3 Å². The average Bonchev–Trinajstić information content (AvgIpc) is 3.16. The smallest absolute Gasteiger partial charge is 0.226 e. The highest BCUT2D eigenvalue weighted by Gasteiger charge is 2.16. The SMILES string of the molecule is CC(Cn1ncc2c(Nc3cccc(O)c3)nc(NCCO)nc21)c1ccccc1. The molecular weight excluding hydrogens is 380 g/mol. The molecule has 2 aromatic carbocycles. The quantitative estimate of drug-likeness (QED) is 0.356. The predicted molar refractivity (Wildman–Crippen MR) is 117 cm³/mol. The number of aliphatic hydroxyl groups is 1. The number of aliphatic hydroxyl groups excluding tert-OH is 1. The Morgan fingerprint density at radius 3 is 2.67 bits per heavy atom. The van der Waals surface area contributed by atoms with Gasteiger partial charge in [-0.15, -0.1) is 0 Å². The average molecular weight is 404 g/mol. The maximum absolute atomic E-state index is 9.76. The molecule has 0 saturated heterocycles. The third-order valence-corrected chi connectivity index (χ3v) is 4.82. The fourth-order valence-electron chi connectivity index (χ4n) is 3.30. The number of aromatic nitrogens is 4. The molecule has 0 saturated carbocycles. The molecule has 4 aromatic rings. The summed E-state index contributed by atoms with van der Waals surface area (Å²) >= 11 is 0. The van der Waals surface area contributed by atoms with Crippen molar-refractivity contribution in [3.8, 4) is 5.75 Å². The summed E-state index contributed by atoms with van der Waals surface area (Å²) in [6.07, 6.45) is 1.74. The molecule has 4 rings (SSSR count). The molecule has 0 bridgehead atoms. The predicted octanol–water partition coefficient (Wildman–Crippen LogP) is 3.48. The van der Waals surface area contributed by atoms with E-state index in [0.717, 1.165) is 5.39 Å². The summed E-state index contributed by atoms with van der Waals surface area (Å²) in [7, 11) is 0. The van der Waals surface area contributed by atoms with Gasteiger partial charge in [0.15, 0.2) is 5.65 Å². The zero-order chi connectivity index (χ0) is 20.9. The number of phenolic OH excluding ortho intramolecular Hbond substituents is 1. The third-order valence-electron chi connectivity index (χ3n) is 4.82. The van der Waals surface area contributed by atoms with Crippen molar-refractivity contribution in [3.63, 3.8) is 0 Å². The van der Waals surface area contributed by atoms with Gasteiger partial charge in [-0.25, -0.2) is 4.68 Å². The molecule has 8 nitrogen and oxygen atoms in total. The summed E-state index contributed by atoms with van der Waals surface area (Å²) in [5.74, 6) is 1.38. The van der Waals surface area contributed by atoms with Crippen LogP contribution in [0.15, 0.2) is 60.8 Å². The first kappa shape index (κ1) is 19.7. The fourth-order valence-corrected chi connectivity index (χ4v) is 3.30. The van der Waals surface area contributed by atoms with E-state index in [9.17, 15) is 5.11 Å². The van der Waals surface area contributed by atoms with Crippen molar-refractivity contribution >= 4 is 28.5 Å². The van der Waals surface area contributed by atoms with Gasteiger partial charge in [-0.2, -0.15) is 15.1 Å². The number of fused-ring (bicyclic) bond motifs is 1. The summed E-state index contributed by atoms with van der Waals surface area (Å²) < 4.78 is 1.87. The van der Waals surface area contributed by atoms with Crippen molar-refractivity contribution in [2.45, 2.75) is 19.4 Å². The number of hydrogen-bond acceptors (Lipinski definition) is 7. The Hall–Kier alpha value is -3.65. The van der Waals surface area contributed by atoms with Gasteiger partial charge in [0.25, 0.3) is 0 Å². The van der Waals surface area contributed by atoms with E-state index in [-0.39, 0.29) is 18.3 Å².